The molecule has 0 amide bonds. The van der Waals surface area contributed by atoms with E-state index < -0.39 is 23.2 Å². The molecule has 0 fully saturated rings. The Bertz CT molecular complexity index is 1760. The Morgan fingerprint density at radius 3 is 1.36 bits per heavy atom. The molecule has 0 saturated carbocycles. The van der Waals surface area contributed by atoms with Crippen LogP contribution in [0.15, 0.2) is 134 Å². The molecule has 0 radical (unpaired) electrons. The summed E-state index contributed by atoms with van der Waals surface area (Å²) < 4.78 is 4.80. The van der Waals surface area contributed by atoms with Gasteiger partial charge in [-0.15, -0.1) is 24.8 Å². The zero-order valence-corrected chi connectivity index (χ0v) is 25.2. The van der Waals surface area contributed by atoms with Crippen molar-refractivity contribution in [1.82, 2.24) is 9.13 Å². The van der Waals surface area contributed by atoms with Crippen LogP contribution in [0.1, 0.15) is 22.3 Å². The van der Waals surface area contributed by atoms with Crippen LogP contribution in [0.4, 0.5) is 0 Å². The van der Waals surface area contributed by atoms with Crippen LogP contribution in [0.5, 0.6) is 0 Å². The van der Waals surface area contributed by atoms with Crippen molar-refractivity contribution in [3.05, 3.63) is 156 Å². The standard InChI is InChI=1S/2C17H12N.2ClH.Zr/c2*1-3-7-15-13(5-1)9-10-17(15)18-12-11-14-6-2-4-8-16(14)18;;;/h2*1-12H;2*1H;. The first-order chi connectivity index (χ1) is 18.3. The van der Waals surface area contributed by atoms with Crippen LogP contribution in [0.25, 0.3) is 34.0 Å². The third kappa shape index (κ3) is 3.71. The maximum absolute atomic E-state index is 2.58. The Morgan fingerprint density at radius 1 is 0.462 bits per heavy atom. The van der Waals surface area contributed by atoms with Crippen molar-refractivity contribution in [1.29, 1.82) is 0 Å². The van der Waals surface area contributed by atoms with Gasteiger partial charge in [0, 0.05) is 0 Å². The molecule has 190 valence electrons. The second-order valence-corrected chi connectivity index (χ2v) is 14.3. The SMILES string of the molecule is C1=C[C]([Zr][C]2(n3ccc4ccccc43)C=Cc3ccccc32)(n2ccc3ccccc32)c2ccccc21.Cl.Cl. The molecule has 6 aromatic rings. The van der Waals surface area contributed by atoms with Crippen LogP contribution < -0.4 is 0 Å². The van der Waals surface area contributed by atoms with E-state index in [0.29, 0.717) is 0 Å². The molecule has 4 aromatic carbocycles. The van der Waals surface area contributed by atoms with Gasteiger partial charge in [0.25, 0.3) is 0 Å². The number of hydrogen-bond acceptors (Lipinski definition) is 0. The number of hydrogen-bond donors (Lipinski definition) is 0. The molecule has 2 nitrogen and oxygen atoms in total. The maximum atomic E-state index is 2.58. The predicted molar refractivity (Wildman–Crippen MR) is 163 cm³/mol. The van der Waals surface area contributed by atoms with Crippen molar-refractivity contribution >= 4 is 58.8 Å². The number of benzene rings is 4. The van der Waals surface area contributed by atoms with E-state index >= 15 is 0 Å². The monoisotopic (exact) mass is 622 g/mol. The van der Waals surface area contributed by atoms with E-state index in [1.54, 1.807) is 0 Å². The van der Waals surface area contributed by atoms with E-state index in [1.807, 2.05) is 0 Å². The first kappa shape index (κ1) is 26.1. The number of nitrogens with zero attached hydrogens (tertiary/aromatic N) is 2. The van der Waals surface area contributed by atoms with Crippen LogP contribution in [-0.2, 0) is 29.7 Å². The summed E-state index contributed by atoms with van der Waals surface area (Å²) in [6.45, 7) is 0. The van der Waals surface area contributed by atoms with Gasteiger partial charge in [0.2, 0.25) is 0 Å². The van der Waals surface area contributed by atoms with Crippen molar-refractivity contribution in [3.63, 3.8) is 0 Å². The summed E-state index contributed by atoms with van der Waals surface area (Å²) in [6.07, 6.45) is 14.4. The van der Waals surface area contributed by atoms with Gasteiger partial charge in [0.1, 0.15) is 0 Å². The number of rotatable bonds is 4. The van der Waals surface area contributed by atoms with E-state index in [1.165, 1.54) is 44.1 Å². The van der Waals surface area contributed by atoms with Crippen LogP contribution in [0, 0.1) is 0 Å². The van der Waals surface area contributed by atoms with E-state index in [-0.39, 0.29) is 31.3 Å². The van der Waals surface area contributed by atoms with Gasteiger partial charge in [-0.1, -0.05) is 0 Å². The fraction of sp³-hybridized carbons (Fsp3) is 0.0588. The van der Waals surface area contributed by atoms with E-state index in [0.717, 1.165) is 0 Å². The first-order valence-corrected chi connectivity index (χ1v) is 15.2. The quantitative estimate of drug-likeness (QED) is 0.186. The van der Waals surface area contributed by atoms with Gasteiger partial charge in [-0.2, -0.15) is 0 Å². The number of halogens is 2. The van der Waals surface area contributed by atoms with Gasteiger partial charge in [0.15, 0.2) is 0 Å². The molecule has 2 aromatic heterocycles. The molecule has 0 spiro atoms. The van der Waals surface area contributed by atoms with Crippen molar-refractivity contribution in [3.8, 4) is 0 Å². The van der Waals surface area contributed by atoms with E-state index in [9.17, 15) is 0 Å². The van der Waals surface area contributed by atoms with Gasteiger partial charge in [0.05, 0.1) is 0 Å². The molecule has 2 atom stereocenters. The normalized spacial score (nSPS) is 20.4. The number of para-hydroxylation sites is 2. The fourth-order valence-electron chi connectivity index (χ4n) is 6.41. The zero-order valence-electron chi connectivity index (χ0n) is 21.1. The molecule has 39 heavy (non-hydrogen) atoms. The Hall–Kier alpha value is -3.10. The van der Waals surface area contributed by atoms with Gasteiger partial charge in [-0.25, -0.2) is 0 Å². The summed E-state index contributed by atoms with van der Waals surface area (Å²) in [7, 11) is 0. The number of fused-ring (bicyclic) bond motifs is 4. The average Bonchev–Trinajstić information content (AvgIpc) is 3.73. The topological polar surface area (TPSA) is 9.86 Å². The second kappa shape index (κ2) is 9.82. The summed E-state index contributed by atoms with van der Waals surface area (Å²) >= 11 is -1.45. The predicted octanol–water partition coefficient (Wildman–Crippen LogP) is 8.68. The van der Waals surface area contributed by atoms with Gasteiger partial charge >= 0.3 is 229 Å². The van der Waals surface area contributed by atoms with Crippen LogP contribution >= 0.6 is 24.8 Å². The van der Waals surface area contributed by atoms with Crippen molar-refractivity contribution < 1.29 is 23.2 Å². The summed E-state index contributed by atoms with van der Waals surface area (Å²) in [5.41, 5.74) is 8.13. The minimum absolute atomic E-state index is 0. The van der Waals surface area contributed by atoms with E-state index in [4.69, 9.17) is 0 Å². The summed E-state index contributed by atoms with van der Waals surface area (Å²) in [5, 5.41) is 2.59. The molecule has 2 unspecified atom stereocenters. The molecule has 0 saturated heterocycles. The van der Waals surface area contributed by atoms with Crippen molar-refractivity contribution in [2.45, 2.75) is 6.49 Å². The summed E-state index contributed by atoms with van der Waals surface area (Å²) in [4.78, 5) is 0. The third-order valence-corrected chi connectivity index (χ3v) is 13.3. The summed E-state index contributed by atoms with van der Waals surface area (Å²) in [5.74, 6) is 0. The second-order valence-electron chi connectivity index (χ2n) is 9.99. The Labute approximate surface area is 252 Å². The molecule has 0 bridgehead atoms. The third-order valence-electron chi connectivity index (χ3n) is 8.09. The Kier molecular flexibility index (Phi) is 6.59. The Morgan fingerprint density at radius 2 is 0.872 bits per heavy atom. The van der Waals surface area contributed by atoms with Crippen LogP contribution in [0.2, 0.25) is 0 Å². The number of allylic oxidation sites excluding steroid dienone is 2. The number of aromatic nitrogens is 2. The molecule has 2 aliphatic carbocycles. The first-order valence-electron chi connectivity index (χ1n) is 12.8. The molecule has 8 rings (SSSR count). The maximum Gasteiger partial charge on any atom is -0.147 e. The minimum Gasteiger partial charge on any atom is -0.147 e. The van der Waals surface area contributed by atoms with Crippen LogP contribution in [-0.4, -0.2) is 9.13 Å². The van der Waals surface area contributed by atoms with Gasteiger partial charge < -0.3 is 0 Å². The summed E-state index contributed by atoms with van der Waals surface area (Å²) in [6, 6.07) is 40.2. The molecular formula is C34H26Cl2N2Zr. The molecule has 5 heteroatoms. The van der Waals surface area contributed by atoms with Crippen LogP contribution in [0.3, 0.4) is 0 Å². The fourth-order valence-corrected chi connectivity index (χ4v) is 12.0. The molecule has 0 N–H and O–H groups in total. The van der Waals surface area contributed by atoms with Crippen molar-refractivity contribution in [2.24, 2.45) is 0 Å². The molecule has 2 heterocycles. The largest absolute Gasteiger partial charge is 0.147 e. The molecule has 2 aliphatic rings. The van der Waals surface area contributed by atoms with Gasteiger partial charge in [-0.3, -0.25) is 0 Å². The Balaban J connectivity index is 0.00000138. The zero-order chi connectivity index (χ0) is 24.5. The molecule has 0 aliphatic heterocycles. The van der Waals surface area contributed by atoms with Gasteiger partial charge in [-0.05, 0) is 0 Å². The van der Waals surface area contributed by atoms with E-state index in [2.05, 4.69) is 155 Å². The minimum atomic E-state index is -1.45. The van der Waals surface area contributed by atoms with Crippen molar-refractivity contribution in [2.75, 3.05) is 0 Å². The molecular weight excluding hydrogens is 599 g/mol. The average molecular weight is 625 g/mol. The smallest absolute Gasteiger partial charge is 0.147 e.